The zero-order valence-corrected chi connectivity index (χ0v) is 10.3. The number of halogens is 4. The van der Waals surface area contributed by atoms with E-state index in [2.05, 4.69) is 15.9 Å². The minimum Gasteiger partial charge on any atom is -0.481 e. The van der Waals surface area contributed by atoms with Crippen LogP contribution in [0.4, 0.5) is 18.9 Å². The lowest BCUT2D eigenvalue weighted by Gasteiger charge is -2.13. The van der Waals surface area contributed by atoms with Gasteiger partial charge >= 0.3 is 12.1 Å². The van der Waals surface area contributed by atoms with Crippen molar-refractivity contribution in [3.63, 3.8) is 0 Å². The van der Waals surface area contributed by atoms with Gasteiger partial charge in [0.2, 0.25) is 5.91 Å². The molecule has 0 fully saturated rings. The lowest BCUT2D eigenvalue weighted by atomic mass is 10.1. The molecular weight excluding hydrogens is 319 g/mol. The first-order valence-corrected chi connectivity index (χ1v) is 5.38. The van der Waals surface area contributed by atoms with E-state index in [1.54, 1.807) is 0 Å². The van der Waals surface area contributed by atoms with E-state index < -0.39 is 35.7 Å². The van der Waals surface area contributed by atoms with Gasteiger partial charge in [-0.2, -0.15) is 13.2 Å². The Labute approximate surface area is 108 Å². The number of amides is 1. The van der Waals surface area contributed by atoms with Crippen molar-refractivity contribution in [1.82, 2.24) is 0 Å². The van der Waals surface area contributed by atoms with E-state index in [0.717, 1.165) is 12.1 Å². The summed E-state index contributed by atoms with van der Waals surface area (Å²) in [7, 11) is 0. The summed E-state index contributed by atoms with van der Waals surface area (Å²) in [6, 6.07) is 3.16. The first-order valence-electron chi connectivity index (χ1n) is 4.58. The van der Waals surface area contributed by atoms with Gasteiger partial charge < -0.3 is 10.4 Å². The molecule has 0 unspecified atom stereocenters. The smallest absolute Gasteiger partial charge is 0.418 e. The number of anilines is 1. The Hall–Kier alpha value is -1.57. The molecule has 98 valence electrons. The molecule has 0 heterocycles. The molecule has 0 radical (unpaired) electrons. The van der Waals surface area contributed by atoms with Crippen LogP contribution >= 0.6 is 15.9 Å². The van der Waals surface area contributed by atoms with Crippen molar-refractivity contribution < 1.29 is 27.9 Å². The molecule has 2 N–H and O–H groups in total. The monoisotopic (exact) mass is 325 g/mol. The number of aliphatic carboxylic acids is 1. The molecule has 1 aromatic rings. The highest BCUT2D eigenvalue weighted by atomic mass is 79.9. The lowest BCUT2D eigenvalue weighted by molar-refractivity contribution is -0.139. The van der Waals surface area contributed by atoms with Crippen LogP contribution in [0, 0.1) is 0 Å². The summed E-state index contributed by atoms with van der Waals surface area (Å²) >= 11 is 2.89. The van der Waals surface area contributed by atoms with Crippen LogP contribution in [-0.2, 0) is 15.8 Å². The molecule has 0 aliphatic heterocycles. The minimum atomic E-state index is -4.64. The van der Waals surface area contributed by atoms with Crippen molar-refractivity contribution in [2.24, 2.45) is 0 Å². The number of hydrogen-bond donors (Lipinski definition) is 2. The summed E-state index contributed by atoms with van der Waals surface area (Å²) in [5.41, 5.74) is -1.52. The number of benzene rings is 1. The Bertz CT molecular complexity index is 488. The predicted molar refractivity (Wildman–Crippen MR) is 60.0 cm³/mol. The maximum absolute atomic E-state index is 12.7. The Morgan fingerprint density at radius 2 is 1.94 bits per heavy atom. The van der Waals surface area contributed by atoms with Crippen molar-refractivity contribution in [1.29, 1.82) is 0 Å². The first-order chi connectivity index (χ1) is 8.20. The molecule has 0 aliphatic carbocycles. The molecule has 1 rings (SSSR count). The standard InChI is InChI=1S/C10H7BrF3NO3/c11-5-1-2-7(6(3-5)10(12,13)14)15-8(16)4-9(17)18/h1-3H,4H2,(H,15,16)(H,17,18). The average molecular weight is 326 g/mol. The quantitative estimate of drug-likeness (QED) is 0.840. The number of carboxylic acid groups (broad SMARTS) is 1. The highest BCUT2D eigenvalue weighted by molar-refractivity contribution is 9.10. The van der Waals surface area contributed by atoms with Gasteiger partial charge in [-0.3, -0.25) is 9.59 Å². The highest BCUT2D eigenvalue weighted by Gasteiger charge is 2.34. The molecule has 0 saturated heterocycles. The van der Waals surface area contributed by atoms with Crippen molar-refractivity contribution >= 4 is 33.5 Å². The number of carbonyl (C=O) groups excluding carboxylic acids is 1. The maximum atomic E-state index is 12.7. The second kappa shape index (κ2) is 5.38. The van der Waals surface area contributed by atoms with Crippen LogP contribution in [0.3, 0.4) is 0 Å². The summed E-state index contributed by atoms with van der Waals surface area (Å²) in [5.74, 6) is -2.44. The van der Waals surface area contributed by atoms with Crippen LogP contribution in [0.25, 0.3) is 0 Å². The van der Waals surface area contributed by atoms with E-state index in [0.29, 0.717) is 0 Å². The molecule has 1 aromatic carbocycles. The summed E-state index contributed by atoms with van der Waals surface area (Å²) in [6.45, 7) is 0. The van der Waals surface area contributed by atoms with Gasteiger partial charge in [0.05, 0.1) is 11.3 Å². The van der Waals surface area contributed by atoms with Crippen LogP contribution < -0.4 is 5.32 Å². The number of hydrogen-bond acceptors (Lipinski definition) is 2. The second-order valence-corrected chi connectivity index (χ2v) is 4.22. The third kappa shape index (κ3) is 4.02. The molecule has 0 saturated carbocycles. The van der Waals surface area contributed by atoms with E-state index in [1.165, 1.54) is 6.07 Å². The summed E-state index contributed by atoms with van der Waals surface area (Å²) in [6.07, 6.45) is -5.54. The van der Waals surface area contributed by atoms with Gasteiger partial charge in [-0.05, 0) is 18.2 Å². The Morgan fingerprint density at radius 3 is 2.44 bits per heavy atom. The molecule has 1 amide bonds. The molecule has 0 bridgehead atoms. The molecule has 0 atom stereocenters. The second-order valence-electron chi connectivity index (χ2n) is 3.31. The SMILES string of the molecule is O=C(O)CC(=O)Nc1ccc(Br)cc1C(F)(F)F. The van der Waals surface area contributed by atoms with E-state index in [1.807, 2.05) is 5.32 Å². The Balaban J connectivity index is 3.02. The number of nitrogens with one attached hydrogen (secondary N) is 1. The number of rotatable bonds is 3. The van der Waals surface area contributed by atoms with Crippen LogP contribution in [-0.4, -0.2) is 17.0 Å². The highest BCUT2D eigenvalue weighted by Crippen LogP contribution is 2.36. The van der Waals surface area contributed by atoms with Crippen molar-refractivity contribution in [3.05, 3.63) is 28.2 Å². The van der Waals surface area contributed by atoms with Crippen LogP contribution in [0.2, 0.25) is 0 Å². The Morgan fingerprint density at radius 1 is 1.33 bits per heavy atom. The van der Waals surface area contributed by atoms with Gasteiger partial charge in [0.15, 0.2) is 0 Å². The fourth-order valence-electron chi connectivity index (χ4n) is 1.19. The summed E-state index contributed by atoms with van der Waals surface area (Å²) in [4.78, 5) is 21.4. The fourth-order valence-corrected chi connectivity index (χ4v) is 1.55. The van der Waals surface area contributed by atoms with Crippen molar-refractivity contribution in [3.8, 4) is 0 Å². The van der Waals surface area contributed by atoms with E-state index in [-0.39, 0.29) is 4.47 Å². The number of alkyl halides is 3. The third-order valence-corrected chi connectivity index (χ3v) is 2.37. The molecule has 0 aromatic heterocycles. The predicted octanol–water partition coefficient (Wildman–Crippen LogP) is 2.88. The summed E-state index contributed by atoms with van der Waals surface area (Å²) in [5, 5.41) is 10.3. The van der Waals surface area contributed by atoms with Gasteiger partial charge in [-0.15, -0.1) is 0 Å². The van der Waals surface area contributed by atoms with Crippen LogP contribution in [0.5, 0.6) is 0 Å². The molecule has 18 heavy (non-hydrogen) atoms. The van der Waals surface area contributed by atoms with E-state index in [9.17, 15) is 22.8 Å². The van der Waals surface area contributed by atoms with E-state index in [4.69, 9.17) is 5.11 Å². The molecule has 0 aliphatic rings. The third-order valence-electron chi connectivity index (χ3n) is 1.87. The molecule has 8 heteroatoms. The first kappa shape index (κ1) is 14.5. The molecular formula is C10H7BrF3NO3. The van der Waals surface area contributed by atoms with Crippen molar-refractivity contribution in [2.75, 3.05) is 5.32 Å². The number of carboxylic acids is 1. The van der Waals surface area contributed by atoms with E-state index >= 15 is 0 Å². The zero-order chi connectivity index (χ0) is 13.9. The fraction of sp³-hybridized carbons (Fsp3) is 0.200. The largest absolute Gasteiger partial charge is 0.481 e. The summed E-state index contributed by atoms with van der Waals surface area (Å²) < 4.78 is 38.2. The van der Waals surface area contributed by atoms with Gasteiger partial charge in [-0.25, -0.2) is 0 Å². The van der Waals surface area contributed by atoms with Gasteiger partial charge in [-0.1, -0.05) is 15.9 Å². The van der Waals surface area contributed by atoms with Gasteiger partial charge in [0.1, 0.15) is 6.42 Å². The number of carbonyl (C=O) groups is 2. The van der Waals surface area contributed by atoms with Crippen molar-refractivity contribution in [2.45, 2.75) is 12.6 Å². The molecule has 4 nitrogen and oxygen atoms in total. The molecule has 0 spiro atoms. The maximum Gasteiger partial charge on any atom is 0.418 e. The normalized spacial score (nSPS) is 11.1. The minimum absolute atomic E-state index is 0.200. The van der Waals surface area contributed by atoms with Gasteiger partial charge in [0, 0.05) is 4.47 Å². The average Bonchev–Trinajstić information content (AvgIpc) is 2.17. The lowest BCUT2D eigenvalue weighted by Crippen LogP contribution is -2.19. The van der Waals surface area contributed by atoms with Crippen LogP contribution in [0.1, 0.15) is 12.0 Å². The van der Waals surface area contributed by atoms with Gasteiger partial charge in [0.25, 0.3) is 0 Å². The van der Waals surface area contributed by atoms with Crippen LogP contribution in [0.15, 0.2) is 22.7 Å². The zero-order valence-electron chi connectivity index (χ0n) is 8.71. The topological polar surface area (TPSA) is 66.4 Å². The Kier molecular flexibility index (Phi) is 4.33.